The molecular weight excluding hydrogens is 442 g/mol. The first-order valence-electron chi connectivity index (χ1n) is 8.64. The highest BCUT2D eigenvalue weighted by Gasteiger charge is 2.34. The van der Waals surface area contributed by atoms with Gasteiger partial charge in [-0.15, -0.1) is 5.10 Å². The van der Waals surface area contributed by atoms with Crippen molar-refractivity contribution in [2.24, 2.45) is 5.10 Å². The molecule has 2 aromatic carbocycles. The molecule has 0 saturated carbocycles. The molecule has 1 atom stereocenters. The highest BCUT2D eigenvalue weighted by Crippen LogP contribution is 2.43. The van der Waals surface area contributed by atoms with Crippen molar-refractivity contribution in [1.82, 2.24) is 10.3 Å². The molecule has 0 unspecified atom stereocenters. The van der Waals surface area contributed by atoms with Crippen LogP contribution in [-0.4, -0.2) is 22.0 Å². The van der Waals surface area contributed by atoms with Crippen molar-refractivity contribution in [3.63, 3.8) is 0 Å². The van der Waals surface area contributed by atoms with Gasteiger partial charge in [-0.2, -0.15) is 0 Å². The quantitative estimate of drug-likeness (QED) is 0.734. The summed E-state index contributed by atoms with van der Waals surface area (Å²) < 4.78 is 6.97. The summed E-state index contributed by atoms with van der Waals surface area (Å²) >= 11 is 4.79. The number of rotatable bonds is 4. The van der Waals surface area contributed by atoms with Crippen molar-refractivity contribution in [1.29, 1.82) is 0 Å². The van der Waals surface area contributed by atoms with E-state index in [2.05, 4.69) is 26.3 Å². The van der Waals surface area contributed by atoms with Gasteiger partial charge in [0.15, 0.2) is 5.17 Å². The summed E-state index contributed by atoms with van der Waals surface area (Å²) in [6.45, 7) is 5.31. The maximum absolute atomic E-state index is 12.1. The van der Waals surface area contributed by atoms with Gasteiger partial charge >= 0.3 is 0 Å². The second-order valence-corrected chi connectivity index (χ2v) is 8.30. The number of nitrogens with one attached hydrogen (secondary N) is 1. The number of carbonyl (C=O) groups excluding carboxylic acids is 2. The number of amidine groups is 1. The largest absolute Gasteiger partial charge is 0.488 e. The van der Waals surface area contributed by atoms with Crippen LogP contribution < -0.4 is 10.1 Å². The molecule has 0 aromatic heterocycles. The number of hydrogen-bond donors (Lipinski definition) is 1. The minimum atomic E-state index is -0.427. The highest BCUT2D eigenvalue weighted by molar-refractivity contribution is 9.10. The van der Waals surface area contributed by atoms with E-state index in [4.69, 9.17) is 4.74 Å². The first-order chi connectivity index (χ1) is 13.3. The van der Waals surface area contributed by atoms with Crippen LogP contribution in [0.2, 0.25) is 0 Å². The molecule has 2 amide bonds. The Hall–Kier alpha value is -2.32. The molecule has 1 heterocycles. The average molecular weight is 462 g/mol. The lowest BCUT2D eigenvalue weighted by molar-refractivity contribution is -0.129. The average Bonchev–Trinajstić information content (AvgIpc) is 3.05. The predicted octanol–water partition coefficient (Wildman–Crippen LogP) is 4.34. The number of carbonyl (C=O) groups is 2. The molecule has 0 aliphatic carbocycles. The van der Waals surface area contributed by atoms with Crippen molar-refractivity contribution in [2.45, 2.75) is 32.8 Å². The molecule has 8 heteroatoms. The molecule has 3 rings (SSSR count). The smallest absolute Gasteiger partial charge is 0.241 e. The van der Waals surface area contributed by atoms with Crippen LogP contribution in [0.5, 0.6) is 5.75 Å². The van der Waals surface area contributed by atoms with E-state index >= 15 is 0 Å². The van der Waals surface area contributed by atoms with Crippen molar-refractivity contribution < 1.29 is 14.3 Å². The number of hydrogen-bond acceptors (Lipinski definition) is 5. The van der Waals surface area contributed by atoms with E-state index in [0.29, 0.717) is 17.5 Å². The van der Waals surface area contributed by atoms with E-state index in [-0.39, 0.29) is 11.8 Å². The van der Waals surface area contributed by atoms with Crippen LogP contribution >= 0.6 is 27.7 Å². The maximum Gasteiger partial charge on any atom is 0.241 e. The van der Waals surface area contributed by atoms with Crippen LogP contribution in [0.4, 0.5) is 0 Å². The van der Waals surface area contributed by atoms with Crippen LogP contribution in [0.15, 0.2) is 52.0 Å². The van der Waals surface area contributed by atoms with Gasteiger partial charge in [-0.25, -0.2) is 5.01 Å². The van der Waals surface area contributed by atoms with Gasteiger partial charge in [-0.1, -0.05) is 52.0 Å². The van der Waals surface area contributed by atoms with Gasteiger partial charge in [0.1, 0.15) is 17.7 Å². The fourth-order valence-electron chi connectivity index (χ4n) is 2.74. The van der Waals surface area contributed by atoms with Gasteiger partial charge in [-0.05, 0) is 36.2 Å². The third-order valence-electron chi connectivity index (χ3n) is 4.13. The van der Waals surface area contributed by atoms with E-state index in [9.17, 15) is 9.59 Å². The Bertz CT molecular complexity index is 948. The third-order valence-corrected chi connectivity index (χ3v) is 5.71. The van der Waals surface area contributed by atoms with Crippen molar-refractivity contribution in [2.75, 3.05) is 0 Å². The van der Waals surface area contributed by atoms with E-state index in [1.54, 1.807) is 0 Å². The zero-order valence-electron chi connectivity index (χ0n) is 15.7. The van der Waals surface area contributed by atoms with Crippen molar-refractivity contribution in [3.05, 3.63) is 63.6 Å². The van der Waals surface area contributed by atoms with Crippen LogP contribution in [0.25, 0.3) is 0 Å². The second-order valence-electron chi connectivity index (χ2n) is 6.32. The summed E-state index contributed by atoms with van der Waals surface area (Å²) in [5.41, 5.74) is 3.04. The molecule has 6 nitrogen and oxygen atoms in total. The number of halogens is 1. The molecule has 146 valence electrons. The molecule has 0 bridgehead atoms. The SMILES string of the molecule is CC(=O)NC1=NN(C(C)=O)[C@H](c2cc(Br)ccc2OCc2ccccc2C)S1. The summed E-state index contributed by atoms with van der Waals surface area (Å²) in [6.07, 6.45) is 0. The van der Waals surface area contributed by atoms with E-state index < -0.39 is 5.37 Å². The first-order valence-corrected chi connectivity index (χ1v) is 10.3. The van der Waals surface area contributed by atoms with Crippen LogP contribution in [0.3, 0.4) is 0 Å². The van der Waals surface area contributed by atoms with Crippen LogP contribution in [0.1, 0.15) is 35.9 Å². The number of aryl methyl sites for hydroxylation is 1. The minimum Gasteiger partial charge on any atom is -0.488 e. The fraction of sp³-hybridized carbons (Fsp3) is 0.250. The molecule has 28 heavy (non-hydrogen) atoms. The molecule has 1 N–H and O–H groups in total. The summed E-state index contributed by atoms with van der Waals surface area (Å²) in [5.74, 6) is 0.206. The maximum atomic E-state index is 12.1. The minimum absolute atomic E-state index is 0.220. The molecular formula is C20H20BrN3O3S. The topological polar surface area (TPSA) is 71.0 Å². The van der Waals surface area contributed by atoms with E-state index in [0.717, 1.165) is 21.2 Å². The molecule has 0 spiro atoms. The zero-order valence-corrected chi connectivity index (χ0v) is 18.1. The van der Waals surface area contributed by atoms with Crippen LogP contribution in [-0.2, 0) is 16.2 Å². The number of benzene rings is 2. The molecule has 0 fully saturated rings. The number of nitrogens with zero attached hydrogens (tertiary/aromatic N) is 2. The van der Waals surface area contributed by atoms with Gasteiger partial charge in [-0.3, -0.25) is 9.59 Å². The Morgan fingerprint density at radius 3 is 2.68 bits per heavy atom. The van der Waals surface area contributed by atoms with Crippen LogP contribution in [0, 0.1) is 6.92 Å². The Balaban J connectivity index is 1.88. The first kappa shape index (κ1) is 20.4. The molecule has 1 aliphatic heterocycles. The Morgan fingerprint density at radius 2 is 2.00 bits per heavy atom. The standard InChI is InChI=1S/C20H20BrN3O3S/c1-12-6-4-5-7-15(12)11-27-18-9-8-16(21)10-17(18)19-24(14(3)26)23-20(28-19)22-13(2)25/h4-10,19H,11H2,1-3H3,(H,22,23,25)/t19-/m0/s1. The molecule has 0 saturated heterocycles. The zero-order chi connectivity index (χ0) is 20.3. The Kier molecular flexibility index (Phi) is 6.41. The second kappa shape index (κ2) is 8.79. The normalized spacial score (nSPS) is 15.9. The number of ether oxygens (including phenoxy) is 1. The van der Waals surface area contributed by atoms with E-state index in [1.165, 1.54) is 30.6 Å². The summed E-state index contributed by atoms with van der Waals surface area (Å²) in [6, 6.07) is 13.7. The summed E-state index contributed by atoms with van der Waals surface area (Å²) in [7, 11) is 0. The summed E-state index contributed by atoms with van der Waals surface area (Å²) in [4.78, 5) is 23.5. The lowest BCUT2D eigenvalue weighted by Gasteiger charge is -2.22. The van der Waals surface area contributed by atoms with Crippen molar-refractivity contribution >= 4 is 44.7 Å². The molecule has 2 aromatic rings. The Morgan fingerprint density at radius 1 is 1.25 bits per heavy atom. The number of amides is 2. The highest BCUT2D eigenvalue weighted by atomic mass is 79.9. The van der Waals surface area contributed by atoms with Gasteiger partial charge in [0.05, 0.1) is 0 Å². The summed E-state index contributed by atoms with van der Waals surface area (Å²) in [5, 5.41) is 8.22. The van der Waals surface area contributed by atoms with Gasteiger partial charge in [0, 0.05) is 23.9 Å². The van der Waals surface area contributed by atoms with E-state index in [1.807, 2.05) is 49.4 Å². The fourth-order valence-corrected chi connectivity index (χ4v) is 4.27. The van der Waals surface area contributed by atoms with Gasteiger partial charge in [0.25, 0.3) is 0 Å². The monoisotopic (exact) mass is 461 g/mol. The predicted molar refractivity (Wildman–Crippen MR) is 114 cm³/mol. The lowest BCUT2D eigenvalue weighted by Crippen LogP contribution is -2.25. The van der Waals surface area contributed by atoms with Gasteiger partial charge < -0.3 is 10.1 Å². The Labute approximate surface area is 176 Å². The number of hydrazone groups is 1. The van der Waals surface area contributed by atoms with Crippen molar-refractivity contribution in [3.8, 4) is 5.75 Å². The lowest BCUT2D eigenvalue weighted by atomic mass is 10.1. The molecule has 1 aliphatic rings. The molecule has 0 radical (unpaired) electrons. The third kappa shape index (κ3) is 4.74. The number of thioether (sulfide) groups is 1. The van der Waals surface area contributed by atoms with Gasteiger partial charge in [0.2, 0.25) is 11.8 Å².